The molecule has 0 radical (unpaired) electrons. The van der Waals surface area contributed by atoms with E-state index in [0.29, 0.717) is 11.5 Å². The highest BCUT2D eigenvalue weighted by Gasteiger charge is 2.25. The van der Waals surface area contributed by atoms with E-state index in [2.05, 4.69) is 30.6 Å². The first-order valence-electron chi connectivity index (χ1n) is 5.60. The Morgan fingerprint density at radius 2 is 2.16 bits per heavy atom. The lowest BCUT2D eigenvalue weighted by Gasteiger charge is -2.17. The van der Waals surface area contributed by atoms with E-state index in [1.54, 1.807) is 12.1 Å². The molecule has 0 fully saturated rings. The van der Waals surface area contributed by atoms with E-state index >= 15 is 0 Å². The number of pyridine rings is 1. The Balaban J connectivity index is 2.94. The normalized spacial score (nSPS) is 13.6. The molecular weight excluding hydrogens is 330 g/mol. The molecule has 1 heterocycles. The van der Waals surface area contributed by atoms with Crippen molar-refractivity contribution < 1.29 is 9.35 Å². The molecule has 1 amide bonds. The molecule has 1 atom stereocenters. The third-order valence-electron chi connectivity index (χ3n) is 1.97. The van der Waals surface area contributed by atoms with Gasteiger partial charge in [-0.1, -0.05) is 4.40 Å². The molecule has 104 valence electrons. The van der Waals surface area contributed by atoms with Crippen LogP contribution in [0.25, 0.3) is 0 Å². The summed E-state index contributed by atoms with van der Waals surface area (Å²) < 4.78 is 16.1. The maximum atomic E-state index is 11.8. The largest absolute Gasteiger partial charge is 0.591 e. The predicted octanol–water partition coefficient (Wildman–Crippen LogP) is 2.68. The van der Waals surface area contributed by atoms with Crippen LogP contribution in [0.4, 0.5) is 5.82 Å². The second-order valence-electron chi connectivity index (χ2n) is 4.84. The molecule has 1 N–H and O–H groups in total. The zero-order valence-electron chi connectivity index (χ0n) is 11.2. The number of hydrogen-bond donors (Lipinski definition) is 1. The van der Waals surface area contributed by atoms with Crippen molar-refractivity contribution in [3.05, 3.63) is 22.3 Å². The van der Waals surface area contributed by atoms with Crippen molar-refractivity contribution in [2.45, 2.75) is 32.4 Å². The van der Waals surface area contributed by atoms with Crippen LogP contribution < -0.4 is 5.32 Å². The van der Waals surface area contributed by atoms with Crippen LogP contribution in [-0.4, -0.2) is 26.4 Å². The summed E-state index contributed by atoms with van der Waals surface area (Å²) in [5.74, 6) is 0.231. The fraction of sp³-hybridized carbons (Fsp3) is 0.417. The second kappa shape index (κ2) is 6.49. The molecule has 0 aliphatic carbocycles. The van der Waals surface area contributed by atoms with Crippen molar-refractivity contribution >= 4 is 45.2 Å². The van der Waals surface area contributed by atoms with E-state index < -0.39 is 16.1 Å². The van der Waals surface area contributed by atoms with Crippen molar-refractivity contribution in [3.8, 4) is 0 Å². The molecule has 0 saturated carbocycles. The Bertz CT molecular complexity index is 500. The van der Waals surface area contributed by atoms with Crippen LogP contribution >= 0.6 is 15.9 Å². The minimum atomic E-state index is -1.34. The number of rotatable bonds is 3. The maximum Gasteiger partial charge on any atom is 0.222 e. The molecule has 0 saturated heterocycles. The first kappa shape index (κ1) is 16.1. The van der Waals surface area contributed by atoms with Gasteiger partial charge in [-0.25, -0.2) is 4.98 Å². The summed E-state index contributed by atoms with van der Waals surface area (Å²) in [5.41, 5.74) is 0.517. The number of nitrogens with one attached hydrogen (secondary N) is 1. The van der Waals surface area contributed by atoms with Gasteiger partial charge in [0.05, 0.1) is 0 Å². The van der Waals surface area contributed by atoms with E-state index in [9.17, 15) is 9.35 Å². The van der Waals surface area contributed by atoms with Gasteiger partial charge in [-0.2, -0.15) is 0 Å². The first-order chi connectivity index (χ1) is 8.70. The van der Waals surface area contributed by atoms with E-state index in [1.807, 2.05) is 20.8 Å². The second-order valence-corrected chi connectivity index (χ2v) is 7.63. The molecule has 1 unspecified atom stereocenters. The quantitative estimate of drug-likeness (QED) is 0.675. The van der Waals surface area contributed by atoms with Gasteiger partial charge in [0.1, 0.15) is 33.8 Å². The monoisotopic (exact) mass is 345 g/mol. The summed E-state index contributed by atoms with van der Waals surface area (Å²) in [4.78, 5) is 15.2. The van der Waals surface area contributed by atoms with Crippen molar-refractivity contribution in [2.24, 2.45) is 4.40 Å². The van der Waals surface area contributed by atoms with Crippen LogP contribution in [0.15, 0.2) is 21.0 Å². The van der Waals surface area contributed by atoms with Crippen LogP contribution in [0.5, 0.6) is 0 Å². The standard InChI is InChI=1S/C12H16BrN3O2S/c1-8(17)15-11-6-5-9(13)10(16-11)7-14-19(18)12(2,3)4/h5-7H,1-4H3,(H,15,16,17)/b14-7-. The summed E-state index contributed by atoms with van der Waals surface area (Å²) in [5, 5.41) is 2.58. The maximum absolute atomic E-state index is 11.8. The average molecular weight is 346 g/mol. The van der Waals surface area contributed by atoms with E-state index in [4.69, 9.17) is 0 Å². The van der Waals surface area contributed by atoms with E-state index in [0.717, 1.165) is 4.47 Å². The van der Waals surface area contributed by atoms with Crippen LogP contribution in [0.1, 0.15) is 33.4 Å². The number of halogens is 1. The summed E-state index contributed by atoms with van der Waals surface area (Å²) in [7, 11) is 0. The van der Waals surface area contributed by atoms with Gasteiger partial charge in [0.15, 0.2) is 0 Å². The Labute approximate surface area is 124 Å². The van der Waals surface area contributed by atoms with Crippen LogP contribution in [0.2, 0.25) is 0 Å². The molecule has 0 spiro atoms. The molecule has 0 aliphatic rings. The summed E-state index contributed by atoms with van der Waals surface area (Å²) in [6, 6.07) is 3.42. The summed E-state index contributed by atoms with van der Waals surface area (Å²) in [6.45, 7) is 6.94. The molecule has 0 aromatic carbocycles. The lowest BCUT2D eigenvalue weighted by atomic mass is 10.3. The molecule has 1 rings (SSSR count). The third-order valence-corrected chi connectivity index (χ3v) is 3.99. The summed E-state index contributed by atoms with van der Waals surface area (Å²) in [6.07, 6.45) is 1.44. The number of carbonyl (C=O) groups excluding carboxylic acids is 1. The predicted molar refractivity (Wildman–Crippen MR) is 81.7 cm³/mol. The number of nitrogens with zero attached hydrogens (tertiary/aromatic N) is 2. The van der Waals surface area contributed by atoms with Gasteiger partial charge < -0.3 is 9.87 Å². The highest BCUT2D eigenvalue weighted by molar-refractivity contribution is 9.10. The van der Waals surface area contributed by atoms with E-state index in [-0.39, 0.29) is 5.91 Å². The molecule has 0 bridgehead atoms. The number of amides is 1. The molecular formula is C12H16BrN3O2S. The molecule has 1 aromatic rings. The molecule has 0 aliphatic heterocycles. The lowest BCUT2D eigenvalue weighted by molar-refractivity contribution is -0.114. The fourth-order valence-electron chi connectivity index (χ4n) is 1.05. The molecule has 19 heavy (non-hydrogen) atoms. The first-order valence-corrected chi connectivity index (χ1v) is 7.50. The van der Waals surface area contributed by atoms with Gasteiger partial charge in [0.2, 0.25) is 5.91 Å². The lowest BCUT2D eigenvalue weighted by Crippen LogP contribution is -2.25. The van der Waals surface area contributed by atoms with Gasteiger partial charge in [-0.15, -0.1) is 0 Å². The van der Waals surface area contributed by atoms with Crippen LogP contribution in [-0.2, 0) is 16.2 Å². The highest BCUT2D eigenvalue weighted by atomic mass is 79.9. The van der Waals surface area contributed by atoms with Crippen molar-refractivity contribution in [1.82, 2.24) is 4.98 Å². The number of hydrogen-bond acceptors (Lipinski definition) is 4. The highest BCUT2D eigenvalue weighted by Crippen LogP contribution is 2.19. The zero-order valence-corrected chi connectivity index (χ0v) is 13.6. The zero-order chi connectivity index (χ0) is 14.6. The fourth-order valence-corrected chi connectivity index (χ4v) is 1.89. The van der Waals surface area contributed by atoms with Gasteiger partial charge in [0, 0.05) is 11.4 Å². The van der Waals surface area contributed by atoms with E-state index in [1.165, 1.54) is 13.1 Å². The topological polar surface area (TPSA) is 77.4 Å². The van der Waals surface area contributed by atoms with Gasteiger partial charge in [-0.05, 0) is 48.8 Å². The Kier molecular flexibility index (Phi) is 5.51. The van der Waals surface area contributed by atoms with Gasteiger partial charge in [0.25, 0.3) is 0 Å². The number of aromatic nitrogens is 1. The van der Waals surface area contributed by atoms with Gasteiger partial charge in [-0.3, -0.25) is 4.79 Å². The summed E-state index contributed by atoms with van der Waals surface area (Å²) >= 11 is 1.99. The van der Waals surface area contributed by atoms with Gasteiger partial charge >= 0.3 is 0 Å². The Morgan fingerprint density at radius 3 is 2.68 bits per heavy atom. The minimum absolute atomic E-state index is 0.198. The van der Waals surface area contributed by atoms with Crippen molar-refractivity contribution in [2.75, 3.05) is 5.32 Å². The Hall–Kier alpha value is -0.920. The molecule has 7 heteroatoms. The SMILES string of the molecule is CC(=O)Nc1ccc(Br)c(/C=N\[S+]([O-])C(C)(C)C)n1. The third kappa shape index (κ3) is 5.30. The number of anilines is 1. The Morgan fingerprint density at radius 1 is 1.53 bits per heavy atom. The van der Waals surface area contributed by atoms with Crippen LogP contribution in [0.3, 0.4) is 0 Å². The van der Waals surface area contributed by atoms with Crippen molar-refractivity contribution in [3.63, 3.8) is 0 Å². The van der Waals surface area contributed by atoms with Crippen molar-refractivity contribution in [1.29, 1.82) is 0 Å². The average Bonchev–Trinajstić information content (AvgIpc) is 2.27. The molecule has 1 aromatic heterocycles. The minimum Gasteiger partial charge on any atom is -0.591 e. The number of carbonyl (C=O) groups is 1. The van der Waals surface area contributed by atoms with Crippen LogP contribution in [0, 0.1) is 0 Å². The molecule has 5 nitrogen and oxygen atoms in total. The smallest absolute Gasteiger partial charge is 0.222 e.